The second-order valence-electron chi connectivity index (χ2n) is 6.50. The molecule has 106 valence electrons. The van der Waals surface area contributed by atoms with E-state index in [9.17, 15) is 4.79 Å². The summed E-state index contributed by atoms with van der Waals surface area (Å²) >= 11 is 1.94. The van der Waals surface area contributed by atoms with E-state index < -0.39 is 0 Å². The van der Waals surface area contributed by atoms with Crippen molar-refractivity contribution in [3.8, 4) is 0 Å². The van der Waals surface area contributed by atoms with Crippen LogP contribution in [0, 0.1) is 5.41 Å². The summed E-state index contributed by atoms with van der Waals surface area (Å²) in [6.07, 6.45) is 2.82. The Bertz CT molecular complexity index is 257. The molecule has 1 aliphatic heterocycles. The lowest BCUT2D eigenvalue weighted by molar-refractivity contribution is -0.122. The highest BCUT2D eigenvalue weighted by atomic mass is 32.2. The highest BCUT2D eigenvalue weighted by molar-refractivity contribution is 7.99. The van der Waals surface area contributed by atoms with Gasteiger partial charge >= 0.3 is 0 Å². The summed E-state index contributed by atoms with van der Waals surface area (Å²) in [5.41, 5.74) is 0.348. The van der Waals surface area contributed by atoms with Gasteiger partial charge in [-0.3, -0.25) is 4.79 Å². The number of rotatable bonds is 5. The molecule has 2 atom stereocenters. The molecule has 0 saturated carbocycles. The predicted octanol–water partition coefficient (Wildman–Crippen LogP) is 2.41. The van der Waals surface area contributed by atoms with Crippen LogP contribution in [0.25, 0.3) is 0 Å². The Labute approximate surface area is 116 Å². The predicted molar refractivity (Wildman–Crippen MR) is 80.0 cm³/mol. The zero-order valence-electron chi connectivity index (χ0n) is 12.2. The first-order valence-corrected chi connectivity index (χ1v) is 8.13. The van der Waals surface area contributed by atoms with Crippen LogP contribution in [-0.2, 0) is 4.79 Å². The van der Waals surface area contributed by atoms with Crippen molar-refractivity contribution in [1.29, 1.82) is 0 Å². The topological polar surface area (TPSA) is 41.1 Å². The zero-order valence-corrected chi connectivity index (χ0v) is 13.0. The smallest absolute Gasteiger partial charge is 0.221 e. The normalized spacial score (nSPS) is 22.6. The molecule has 0 bridgehead atoms. The number of nitrogens with one attached hydrogen (secondary N) is 2. The molecular formula is C14H28N2OS. The van der Waals surface area contributed by atoms with E-state index in [2.05, 4.69) is 38.3 Å². The van der Waals surface area contributed by atoms with Crippen molar-refractivity contribution in [3.63, 3.8) is 0 Å². The molecular weight excluding hydrogens is 244 g/mol. The quantitative estimate of drug-likeness (QED) is 0.807. The molecule has 1 fully saturated rings. The third-order valence-electron chi connectivity index (χ3n) is 3.16. The van der Waals surface area contributed by atoms with E-state index in [4.69, 9.17) is 0 Å². The highest BCUT2D eigenvalue weighted by Gasteiger charge is 2.18. The van der Waals surface area contributed by atoms with E-state index in [1.807, 2.05) is 11.8 Å². The van der Waals surface area contributed by atoms with Crippen molar-refractivity contribution in [1.82, 2.24) is 10.6 Å². The molecule has 0 radical (unpaired) electrons. The van der Waals surface area contributed by atoms with Crippen LogP contribution in [0.1, 0.15) is 47.0 Å². The lowest BCUT2D eigenvalue weighted by Gasteiger charge is -2.24. The van der Waals surface area contributed by atoms with E-state index >= 15 is 0 Å². The average molecular weight is 272 g/mol. The van der Waals surface area contributed by atoms with Crippen LogP contribution in [0.15, 0.2) is 0 Å². The minimum Gasteiger partial charge on any atom is -0.354 e. The first-order valence-electron chi connectivity index (χ1n) is 6.97. The van der Waals surface area contributed by atoms with Crippen molar-refractivity contribution < 1.29 is 4.79 Å². The highest BCUT2D eigenvalue weighted by Crippen LogP contribution is 2.21. The summed E-state index contributed by atoms with van der Waals surface area (Å²) in [4.78, 5) is 11.9. The van der Waals surface area contributed by atoms with Gasteiger partial charge in [-0.1, -0.05) is 20.8 Å². The molecule has 0 spiro atoms. The summed E-state index contributed by atoms with van der Waals surface area (Å²) < 4.78 is 0. The van der Waals surface area contributed by atoms with Gasteiger partial charge in [0.15, 0.2) is 0 Å². The Morgan fingerprint density at radius 1 is 1.50 bits per heavy atom. The van der Waals surface area contributed by atoms with Gasteiger partial charge in [-0.15, -0.1) is 0 Å². The third-order valence-corrected chi connectivity index (χ3v) is 4.30. The van der Waals surface area contributed by atoms with E-state index in [1.165, 1.54) is 5.75 Å². The van der Waals surface area contributed by atoms with Gasteiger partial charge in [0.25, 0.3) is 0 Å². The van der Waals surface area contributed by atoms with Gasteiger partial charge in [-0.25, -0.2) is 0 Å². The fourth-order valence-corrected chi connectivity index (χ4v) is 2.98. The maximum absolute atomic E-state index is 11.9. The minimum atomic E-state index is 0.191. The van der Waals surface area contributed by atoms with E-state index in [0.29, 0.717) is 17.9 Å². The lowest BCUT2D eigenvalue weighted by atomic mass is 9.89. The van der Waals surface area contributed by atoms with Crippen molar-refractivity contribution in [2.75, 3.05) is 18.1 Å². The van der Waals surface area contributed by atoms with Gasteiger partial charge < -0.3 is 10.6 Å². The van der Waals surface area contributed by atoms with E-state index in [0.717, 1.165) is 25.1 Å². The molecule has 1 heterocycles. The Kier molecular flexibility index (Phi) is 6.50. The molecule has 3 nitrogen and oxygen atoms in total. The summed E-state index contributed by atoms with van der Waals surface area (Å²) in [7, 11) is 0. The second-order valence-corrected chi connectivity index (χ2v) is 7.65. The van der Waals surface area contributed by atoms with Gasteiger partial charge in [0.2, 0.25) is 5.91 Å². The Morgan fingerprint density at radius 3 is 2.78 bits per heavy atom. The maximum Gasteiger partial charge on any atom is 0.221 e. The molecule has 1 aliphatic rings. The van der Waals surface area contributed by atoms with Crippen LogP contribution in [0.5, 0.6) is 0 Å². The van der Waals surface area contributed by atoms with Crippen molar-refractivity contribution >= 4 is 17.7 Å². The van der Waals surface area contributed by atoms with Crippen LogP contribution in [0.4, 0.5) is 0 Å². The number of thioether (sulfide) groups is 1. The molecule has 1 amide bonds. The number of hydrogen-bond donors (Lipinski definition) is 2. The Balaban J connectivity index is 2.18. The molecule has 0 aromatic carbocycles. The zero-order chi connectivity index (χ0) is 13.6. The SMILES string of the molecule is CC(CCC(C)(C)C)NC(=O)CC1CSCCN1. The summed E-state index contributed by atoms with van der Waals surface area (Å²) in [6.45, 7) is 9.86. The van der Waals surface area contributed by atoms with Crippen molar-refractivity contribution in [3.05, 3.63) is 0 Å². The van der Waals surface area contributed by atoms with Crippen LogP contribution in [0.2, 0.25) is 0 Å². The van der Waals surface area contributed by atoms with Gasteiger partial charge in [0, 0.05) is 36.6 Å². The summed E-state index contributed by atoms with van der Waals surface area (Å²) in [6, 6.07) is 0.645. The molecule has 18 heavy (non-hydrogen) atoms. The molecule has 2 unspecified atom stereocenters. The molecule has 2 N–H and O–H groups in total. The van der Waals surface area contributed by atoms with Gasteiger partial charge in [0.05, 0.1) is 0 Å². The number of carbonyl (C=O) groups is 1. The van der Waals surface area contributed by atoms with E-state index in [-0.39, 0.29) is 11.9 Å². The van der Waals surface area contributed by atoms with Gasteiger partial charge in [-0.05, 0) is 25.2 Å². The van der Waals surface area contributed by atoms with Crippen LogP contribution < -0.4 is 10.6 Å². The number of carbonyl (C=O) groups excluding carboxylic acids is 1. The summed E-state index contributed by atoms with van der Waals surface area (Å²) in [5, 5.41) is 6.51. The molecule has 0 aliphatic carbocycles. The lowest BCUT2D eigenvalue weighted by Crippen LogP contribution is -2.43. The Morgan fingerprint density at radius 2 is 2.22 bits per heavy atom. The fourth-order valence-electron chi connectivity index (χ4n) is 2.03. The monoisotopic (exact) mass is 272 g/mol. The molecule has 1 rings (SSSR count). The second kappa shape index (κ2) is 7.39. The molecule has 0 aromatic rings. The number of hydrogen-bond acceptors (Lipinski definition) is 3. The standard InChI is InChI=1S/C14H28N2OS/c1-11(5-6-14(2,3)4)16-13(17)9-12-10-18-8-7-15-12/h11-12,15H,5-10H2,1-4H3,(H,16,17). The average Bonchev–Trinajstić information content (AvgIpc) is 2.26. The first kappa shape index (κ1) is 15.8. The molecule has 4 heteroatoms. The molecule has 1 saturated heterocycles. The third kappa shape index (κ3) is 7.27. The first-order chi connectivity index (χ1) is 8.37. The van der Waals surface area contributed by atoms with Crippen molar-refractivity contribution in [2.24, 2.45) is 5.41 Å². The Hall–Kier alpha value is -0.220. The van der Waals surface area contributed by atoms with Crippen molar-refractivity contribution in [2.45, 2.75) is 59.0 Å². The van der Waals surface area contributed by atoms with Crippen LogP contribution in [0.3, 0.4) is 0 Å². The molecule has 0 aromatic heterocycles. The van der Waals surface area contributed by atoms with Gasteiger partial charge in [-0.2, -0.15) is 11.8 Å². The maximum atomic E-state index is 11.9. The van der Waals surface area contributed by atoms with E-state index in [1.54, 1.807) is 0 Å². The number of amides is 1. The fraction of sp³-hybridized carbons (Fsp3) is 0.929. The minimum absolute atomic E-state index is 0.191. The largest absolute Gasteiger partial charge is 0.354 e. The van der Waals surface area contributed by atoms with Crippen LogP contribution in [-0.4, -0.2) is 36.0 Å². The van der Waals surface area contributed by atoms with Crippen LogP contribution >= 0.6 is 11.8 Å². The summed E-state index contributed by atoms with van der Waals surface area (Å²) in [5.74, 6) is 2.42. The van der Waals surface area contributed by atoms with Gasteiger partial charge in [0.1, 0.15) is 0 Å².